The number of benzene rings is 1. The molecule has 1 unspecified atom stereocenters. The number of nitrogens with zero attached hydrogens (tertiary/aromatic N) is 1. The first-order valence-electron chi connectivity index (χ1n) is 6.79. The van der Waals surface area contributed by atoms with E-state index in [0.717, 1.165) is 11.1 Å². The zero-order chi connectivity index (χ0) is 14.8. The molecule has 1 aromatic carbocycles. The van der Waals surface area contributed by atoms with Crippen molar-refractivity contribution in [2.45, 2.75) is 33.4 Å². The van der Waals surface area contributed by atoms with E-state index >= 15 is 0 Å². The van der Waals surface area contributed by atoms with Crippen molar-refractivity contribution in [3.63, 3.8) is 0 Å². The van der Waals surface area contributed by atoms with E-state index in [9.17, 15) is 14.7 Å². The molecule has 0 saturated heterocycles. The molecule has 1 aromatic rings. The third-order valence-corrected chi connectivity index (χ3v) is 4.05. The highest BCUT2D eigenvalue weighted by Gasteiger charge is 2.32. The van der Waals surface area contributed by atoms with Crippen LogP contribution < -0.4 is 5.32 Å². The van der Waals surface area contributed by atoms with Gasteiger partial charge in [0.1, 0.15) is 0 Å². The number of rotatable bonds is 4. The average molecular weight is 276 g/mol. The van der Waals surface area contributed by atoms with Gasteiger partial charge in [0.05, 0.1) is 5.41 Å². The lowest BCUT2D eigenvalue weighted by molar-refractivity contribution is -0.147. The van der Waals surface area contributed by atoms with E-state index < -0.39 is 11.4 Å². The molecule has 0 fully saturated rings. The Morgan fingerprint density at radius 3 is 2.30 bits per heavy atom. The van der Waals surface area contributed by atoms with Gasteiger partial charge in [0.2, 0.25) is 0 Å². The van der Waals surface area contributed by atoms with Crippen LogP contribution in [0.25, 0.3) is 0 Å². The number of carboxylic acids is 1. The van der Waals surface area contributed by atoms with Crippen molar-refractivity contribution in [2.75, 3.05) is 6.54 Å². The molecule has 20 heavy (non-hydrogen) atoms. The van der Waals surface area contributed by atoms with Gasteiger partial charge in [-0.05, 0) is 24.5 Å². The fourth-order valence-electron chi connectivity index (χ4n) is 2.21. The molecule has 0 spiro atoms. The summed E-state index contributed by atoms with van der Waals surface area (Å²) in [4.78, 5) is 25.0. The Bertz CT molecular complexity index is 505. The van der Waals surface area contributed by atoms with Crippen LogP contribution in [-0.4, -0.2) is 28.6 Å². The zero-order valence-corrected chi connectivity index (χ0v) is 11.8. The minimum Gasteiger partial charge on any atom is -0.481 e. The van der Waals surface area contributed by atoms with Gasteiger partial charge in [-0.25, -0.2) is 4.79 Å². The molecule has 0 aliphatic carbocycles. The van der Waals surface area contributed by atoms with Crippen LogP contribution in [0, 0.1) is 5.41 Å². The highest BCUT2D eigenvalue weighted by Crippen LogP contribution is 2.23. The number of hydrogen-bond donors (Lipinski definition) is 2. The van der Waals surface area contributed by atoms with Crippen LogP contribution in [0.4, 0.5) is 4.79 Å². The summed E-state index contributed by atoms with van der Waals surface area (Å²) in [5.41, 5.74) is 1.39. The zero-order valence-electron chi connectivity index (χ0n) is 11.8. The fourth-order valence-corrected chi connectivity index (χ4v) is 2.21. The van der Waals surface area contributed by atoms with Gasteiger partial charge in [0.25, 0.3) is 0 Å². The van der Waals surface area contributed by atoms with Crippen molar-refractivity contribution in [1.82, 2.24) is 10.2 Å². The van der Waals surface area contributed by atoms with Gasteiger partial charge in [0, 0.05) is 19.6 Å². The number of urea groups is 1. The third-order valence-electron chi connectivity index (χ3n) is 4.05. The molecule has 2 rings (SSSR count). The predicted molar refractivity (Wildman–Crippen MR) is 75.1 cm³/mol. The second-order valence-electron chi connectivity index (χ2n) is 5.50. The molecule has 0 radical (unpaired) electrons. The van der Waals surface area contributed by atoms with Gasteiger partial charge >= 0.3 is 12.0 Å². The number of amides is 2. The van der Waals surface area contributed by atoms with Crippen molar-refractivity contribution < 1.29 is 14.7 Å². The smallest absolute Gasteiger partial charge is 0.318 e. The summed E-state index contributed by atoms with van der Waals surface area (Å²) in [6.07, 6.45) is 0.475. The van der Waals surface area contributed by atoms with Crippen LogP contribution in [0.15, 0.2) is 24.3 Å². The fraction of sp³-hybridized carbons (Fsp3) is 0.467. The average Bonchev–Trinajstić information content (AvgIpc) is 2.88. The quantitative estimate of drug-likeness (QED) is 0.885. The molecule has 1 heterocycles. The lowest BCUT2D eigenvalue weighted by atomic mass is 9.88. The first kappa shape index (κ1) is 14.4. The van der Waals surface area contributed by atoms with Crippen LogP contribution >= 0.6 is 0 Å². The van der Waals surface area contributed by atoms with Crippen molar-refractivity contribution in [3.05, 3.63) is 35.4 Å². The maximum atomic E-state index is 12.1. The van der Waals surface area contributed by atoms with Crippen molar-refractivity contribution in [2.24, 2.45) is 5.41 Å². The normalized spacial score (nSPS) is 16.4. The minimum atomic E-state index is -0.914. The van der Waals surface area contributed by atoms with Gasteiger partial charge in [-0.15, -0.1) is 0 Å². The standard InChI is InChI=1S/C15H20N2O3/c1-3-15(2,13(18)19)10-16-14(20)17-8-11-6-4-5-7-12(11)9-17/h4-7H,3,8-10H2,1-2H3,(H,16,20)(H,18,19). The number of carbonyl (C=O) groups is 2. The summed E-state index contributed by atoms with van der Waals surface area (Å²) >= 11 is 0. The summed E-state index contributed by atoms with van der Waals surface area (Å²) < 4.78 is 0. The van der Waals surface area contributed by atoms with Crippen LogP contribution in [0.2, 0.25) is 0 Å². The van der Waals surface area contributed by atoms with E-state index in [1.54, 1.807) is 11.8 Å². The topological polar surface area (TPSA) is 69.6 Å². The molecule has 1 atom stereocenters. The Kier molecular flexibility index (Phi) is 3.97. The Balaban J connectivity index is 1.93. The van der Waals surface area contributed by atoms with Crippen LogP contribution in [0.3, 0.4) is 0 Å². The Morgan fingerprint density at radius 2 is 1.85 bits per heavy atom. The Morgan fingerprint density at radius 1 is 1.30 bits per heavy atom. The molecule has 0 bridgehead atoms. The van der Waals surface area contributed by atoms with Crippen LogP contribution in [-0.2, 0) is 17.9 Å². The Hall–Kier alpha value is -2.04. The monoisotopic (exact) mass is 276 g/mol. The maximum Gasteiger partial charge on any atom is 0.318 e. The van der Waals surface area contributed by atoms with Gasteiger partial charge in [-0.2, -0.15) is 0 Å². The number of aliphatic carboxylic acids is 1. The highest BCUT2D eigenvalue weighted by molar-refractivity contribution is 5.78. The van der Waals surface area contributed by atoms with E-state index in [1.807, 2.05) is 31.2 Å². The summed E-state index contributed by atoms with van der Waals surface area (Å²) in [6, 6.07) is 7.73. The molecule has 0 saturated carbocycles. The van der Waals surface area contributed by atoms with E-state index in [0.29, 0.717) is 19.5 Å². The largest absolute Gasteiger partial charge is 0.481 e. The van der Waals surface area contributed by atoms with Crippen molar-refractivity contribution >= 4 is 12.0 Å². The molecule has 5 heteroatoms. The molecule has 1 aliphatic rings. The molecule has 108 valence electrons. The van der Waals surface area contributed by atoms with Gasteiger partial charge in [-0.1, -0.05) is 31.2 Å². The van der Waals surface area contributed by atoms with E-state index in [1.165, 1.54) is 0 Å². The lowest BCUT2D eigenvalue weighted by Crippen LogP contribution is -2.44. The van der Waals surface area contributed by atoms with Crippen LogP contribution in [0.5, 0.6) is 0 Å². The van der Waals surface area contributed by atoms with Crippen molar-refractivity contribution in [3.8, 4) is 0 Å². The third kappa shape index (κ3) is 2.76. The minimum absolute atomic E-state index is 0.143. The van der Waals surface area contributed by atoms with E-state index in [-0.39, 0.29) is 12.6 Å². The predicted octanol–water partition coefficient (Wildman–Crippen LogP) is 2.21. The van der Waals surface area contributed by atoms with Crippen LogP contribution in [0.1, 0.15) is 31.4 Å². The molecule has 0 aromatic heterocycles. The van der Waals surface area contributed by atoms with E-state index in [2.05, 4.69) is 5.32 Å². The summed E-state index contributed by atoms with van der Waals surface area (Å²) in [5.74, 6) is -0.884. The highest BCUT2D eigenvalue weighted by atomic mass is 16.4. The summed E-state index contributed by atoms with van der Waals surface area (Å²) in [7, 11) is 0. The summed E-state index contributed by atoms with van der Waals surface area (Å²) in [5, 5.41) is 11.9. The molecular weight excluding hydrogens is 256 g/mol. The first-order valence-corrected chi connectivity index (χ1v) is 6.79. The molecule has 2 amide bonds. The number of hydrogen-bond acceptors (Lipinski definition) is 2. The second kappa shape index (κ2) is 5.53. The lowest BCUT2D eigenvalue weighted by Gasteiger charge is -2.25. The molecule has 5 nitrogen and oxygen atoms in total. The SMILES string of the molecule is CCC(C)(CNC(=O)N1Cc2ccccc2C1)C(=O)O. The molecule has 2 N–H and O–H groups in total. The Labute approximate surface area is 118 Å². The number of nitrogens with one attached hydrogen (secondary N) is 1. The van der Waals surface area contributed by atoms with Gasteiger partial charge in [-0.3, -0.25) is 4.79 Å². The second-order valence-corrected chi connectivity index (χ2v) is 5.50. The number of carboxylic acid groups (broad SMARTS) is 1. The molecule has 1 aliphatic heterocycles. The van der Waals surface area contributed by atoms with E-state index in [4.69, 9.17) is 0 Å². The molecular formula is C15H20N2O3. The van der Waals surface area contributed by atoms with Gasteiger partial charge in [0.15, 0.2) is 0 Å². The van der Waals surface area contributed by atoms with Gasteiger partial charge < -0.3 is 15.3 Å². The first-order chi connectivity index (χ1) is 9.46. The maximum absolute atomic E-state index is 12.1. The number of carbonyl (C=O) groups excluding carboxylic acids is 1. The summed E-state index contributed by atoms with van der Waals surface area (Å²) in [6.45, 7) is 4.76. The number of fused-ring (bicyclic) bond motifs is 1. The van der Waals surface area contributed by atoms with Crippen molar-refractivity contribution in [1.29, 1.82) is 0 Å².